The number of halogens is 3. The summed E-state index contributed by atoms with van der Waals surface area (Å²) >= 11 is 0. The molecule has 2 heterocycles. The molecule has 4 nitrogen and oxygen atoms in total. The molecule has 2 aromatic heterocycles. The Morgan fingerprint density at radius 2 is 1.58 bits per heavy atom. The van der Waals surface area contributed by atoms with Crippen LogP contribution < -0.4 is 0 Å². The minimum atomic E-state index is -4.42. The maximum absolute atomic E-state index is 13.1. The highest BCUT2D eigenvalue weighted by molar-refractivity contribution is 5.91. The molecule has 1 N–H and O–H groups in total. The summed E-state index contributed by atoms with van der Waals surface area (Å²) < 4.78 is 39.3. The van der Waals surface area contributed by atoms with Crippen molar-refractivity contribution in [3.8, 4) is 22.6 Å². The van der Waals surface area contributed by atoms with E-state index < -0.39 is 11.7 Å². The molecule has 0 saturated carbocycles. The van der Waals surface area contributed by atoms with Crippen molar-refractivity contribution in [2.45, 2.75) is 13.1 Å². The Kier molecular flexibility index (Phi) is 3.72. The molecule has 2 aromatic carbocycles. The first-order valence-electron chi connectivity index (χ1n) is 7.89. The predicted molar refractivity (Wildman–Crippen MR) is 92.3 cm³/mol. The molecule has 130 valence electrons. The van der Waals surface area contributed by atoms with Gasteiger partial charge in [0.15, 0.2) is 5.82 Å². The van der Waals surface area contributed by atoms with Gasteiger partial charge in [0.2, 0.25) is 0 Å². The van der Waals surface area contributed by atoms with Crippen molar-refractivity contribution in [1.82, 2.24) is 20.2 Å². The van der Waals surface area contributed by atoms with Crippen LogP contribution in [-0.2, 0) is 6.18 Å². The molecule has 0 aliphatic heterocycles. The monoisotopic (exact) mass is 354 g/mol. The first-order valence-corrected chi connectivity index (χ1v) is 7.89. The first kappa shape index (κ1) is 16.3. The van der Waals surface area contributed by atoms with Gasteiger partial charge in [-0.25, -0.2) is 9.97 Å². The lowest BCUT2D eigenvalue weighted by atomic mass is 10.1. The number of alkyl halides is 3. The molecule has 0 radical (unpaired) electrons. The van der Waals surface area contributed by atoms with Crippen LogP contribution in [0.25, 0.3) is 33.7 Å². The third-order valence-corrected chi connectivity index (χ3v) is 4.07. The third kappa shape index (κ3) is 2.81. The van der Waals surface area contributed by atoms with Gasteiger partial charge in [-0.2, -0.15) is 18.3 Å². The van der Waals surface area contributed by atoms with E-state index in [0.29, 0.717) is 28.1 Å². The molecule has 4 aromatic rings. The summed E-state index contributed by atoms with van der Waals surface area (Å²) in [6.07, 6.45) is -4.42. The van der Waals surface area contributed by atoms with Crippen LogP contribution in [0.5, 0.6) is 0 Å². The molecule has 4 rings (SSSR count). The lowest BCUT2D eigenvalue weighted by molar-refractivity contribution is -0.137. The van der Waals surface area contributed by atoms with Gasteiger partial charge in [-0.1, -0.05) is 42.5 Å². The van der Waals surface area contributed by atoms with E-state index in [0.717, 1.165) is 23.4 Å². The summed E-state index contributed by atoms with van der Waals surface area (Å²) in [5.41, 5.74) is 2.53. The summed E-state index contributed by atoms with van der Waals surface area (Å²) in [6, 6.07) is 14.4. The van der Waals surface area contributed by atoms with Crippen LogP contribution in [-0.4, -0.2) is 20.2 Å². The van der Waals surface area contributed by atoms with E-state index in [1.54, 1.807) is 6.07 Å². The second-order valence-electron chi connectivity index (χ2n) is 5.89. The van der Waals surface area contributed by atoms with Crippen LogP contribution in [0, 0.1) is 6.92 Å². The summed E-state index contributed by atoms with van der Waals surface area (Å²) in [5, 5.41) is 7.03. The molecule has 0 amide bonds. The number of hydrogen-bond acceptors (Lipinski definition) is 3. The number of hydrogen-bond donors (Lipinski definition) is 1. The van der Waals surface area contributed by atoms with E-state index in [1.807, 2.05) is 37.3 Å². The van der Waals surface area contributed by atoms with Gasteiger partial charge < -0.3 is 0 Å². The Morgan fingerprint density at radius 1 is 0.846 bits per heavy atom. The highest BCUT2D eigenvalue weighted by Crippen LogP contribution is 2.34. The van der Waals surface area contributed by atoms with Crippen molar-refractivity contribution in [2.24, 2.45) is 0 Å². The number of nitrogens with one attached hydrogen (secondary N) is 1. The molecule has 0 atom stereocenters. The highest BCUT2D eigenvalue weighted by Gasteiger charge is 2.31. The van der Waals surface area contributed by atoms with Crippen molar-refractivity contribution in [2.75, 3.05) is 0 Å². The highest BCUT2D eigenvalue weighted by atomic mass is 19.4. The van der Waals surface area contributed by atoms with E-state index >= 15 is 0 Å². The Balaban J connectivity index is 1.98. The molecule has 0 fully saturated rings. The van der Waals surface area contributed by atoms with Crippen molar-refractivity contribution < 1.29 is 13.2 Å². The number of aromatic amines is 1. The van der Waals surface area contributed by atoms with E-state index in [9.17, 15) is 13.2 Å². The van der Waals surface area contributed by atoms with Crippen molar-refractivity contribution in [3.63, 3.8) is 0 Å². The first-order chi connectivity index (χ1) is 12.4. The van der Waals surface area contributed by atoms with Crippen LogP contribution in [0.1, 0.15) is 11.3 Å². The van der Waals surface area contributed by atoms with E-state index in [-0.39, 0.29) is 0 Å². The molecule has 0 unspecified atom stereocenters. The van der Waals surface area contributed by atoms with Crippen LogP contribution in [0.15, 0.2) is 54.6 Å². The molecule has 0 aliphatic carbocycles. The van der Waals surface area contributed by atoms with Gasteiger partial charge in [-0.3, -0.25) is 5.10 Å². The van der Waals surface area contributed by atoms with Gasteiger partial charge in [0.05, 0.1) is 11.3 Å². The molecular weight excluding hydrogens is 341 g/mol. The molecule has 7 heteroatoms. The molecule has 26 heavy (non-hydrogen) atoms. The number of aryl methyl sites for hydroxylation is 1. The lowest BCUT2D eigenvalue weighted by Crippen LogP contribution is -2.05. The average Bonchev–Trinajstić information content (AvgIpc) is 3.02. The fourth-order valence-corrected chi connectivity index (χ4v) is 2.78. The molecule has 0 spiro atoms. The van der Waals surface area contributed by atoms with E-state index in [4.69, 9.17) is 0 Å². The standard InChI is InChI=1S/C19H13F3N4/c1-11-15-17(26-25-11)16(13-8-5-9-14(10-13)19(20,21)22)24-18(23-15)12-6-3-2-4-7-12/h2-10H,1H3,(H,25,26). The molecule has 0 bridgehead atoms. The molecule has 0 aliphatic rings. The lowest BCUT2D eigenvalue weighted by Gasteiger charge is -2.10. The van der Waals surface area contributed by atoms with Gasteiger partial charge in [-0.05, 0) is 19.1 Å². The zero-order valence-electron chi connectivity index (χ0n) is 13.7. The minimum absolute atomic E-state index is 0.343. The molecule has 0 saturated heterocycles. The summed E-state index contributed by atoms with van der Waals surface area (Å²) in [4.78, 5) is 9.05. The smallest absolute Gasteiger partial charge is 0.280 e. The van der Waals surface area contributed by atoms with Crippen LogP contribution in [0.2, 0.25) is 0 Å². The molecular formula is C19H13F3N4. The number of benzene rings is 2. The fraction of sp³-hybridized carbons (Fsp3) is 0.105. The fourth-order valence-electron chi connectivity index (χ4n) is 2.78. The summed E-state index contributed by atoms with van der Waals surface area (Å²) in [5.74, 6) is 0.440. The van der Waals surface area contributed by atoms with Gasteiger partial charge in [0.25, 0.3) is 0 Å². The maximum Gasteiger partial charge on any atom is 0.416 e. The van der Waals surface area contributed by atoms with Gasteiger partial charge in [0, 0.05) is 11.1 Å². The van der Waals surface area contributed by atoms with Gasteiger partial charge in [-0.15, -0.1) is 0 Å². The third-order valence-electron chi connectivity index (χ3n) is 4.07. The van der Waals surface area contributed by atoms with E-state index in [1.165, 1.54) is 6.07 Å². The van der Waals surface area contributed by atoms with Crippen molar-refractivity contribution >= 4 is 11.0 Å². The summed E-state index contributed by atoms with van der Waals surface area (Å²) in [7, 11) is 0. The SMILES string of the molecule is Cc1[nH]nc2c(-c3cccc(C(F)(F)F)c3)nc(-c3ccccc3)nc12. The number of nitrogens with zero attached hydrogens (tertiary/aromatic N) is 3. The van der Waals surface area contributed by atoms with E-state index in [2.05, 4.69) is 20.2 Å². The second kappa shape index (κ2) is 5.94. The predicted octanol–water partition coefficient (Wildman–Crippen LogP) is 5.01. The topological polar surface area (TPSA) is 54.5 Å². The Morgan fingerprint density at radius 3 is 2.31 bits per heavy atom. The zero-order valence-corrected chi connectivity index (χ0v) is 13.7. The maximum atomic E-state index is 13.1. The van der Waals surface area contributed by atoms with Gasteiger partial charge >= 0.3 is 6.18 Å². The zero-order chi connectivity index (χ0) is 18.3. The van der Waals surface area contributed by atoms with Crippen LogP contribution in [0.3, 0.4) is 0 Å². The summed E-state index contributed by atoms with van der Waals surface area (Å²) in [6.45, 7) is 1.81. The van der Waals surface area contributed by atoms with Crippen molar-refractivity contribution in [3.05, 3.63) is 65.9 Å². The van der Waals surface area contributed by atoms with Crippen LogP contribution >= 0.6 is 0 Å². The minimum Gasteiger partial charge on any atom is -0.280 e. The number of aromatic nitrogens is 4. The number of H-pyrrole nitrogens is 1. The van der Waals surface area contributed by atoms with Crippen molar-refractivity contribution in [1.29, 1.82) is 0 Å². The van der Waals surface area contributed by atoms with Crippen LogP contribution in [0.4, 0.5) is 13.2 Å². The Labute approximate surface area is 146 Å². The Hall–Kier alpha value is -3.22. The average molecular weight is 354 g/mol. The second-order valence-corrected chi connectivity index (χ2v) is 5.89. The quantitative estimate of drug-likeness (QED) is 0.550. The van der Waals surface area contributed by atoms with Gasteiger partial charge in [0.1, 0.15) is 16.7 Å². The largest absolute Gasteiger partial charge is 0.416 e. The normalized spacial score (nSPS) is 11.8. The Bertz CT molecular complexity index is 1090. The number of rotatable bonds is 2. The number of fused-ring (bicyclic) bond motifs is 1.